The predicted octanol–water partition coefficient (Wildman–Crippen LogP) is 7.78. The van der Waals surface area contributed by atoms with Crippen molar-refractivity contribution in [1.82, 2.24) is 0 Å². The molecule has 0 aliphatic rings. The zero-order chi connectivity index (χ0) is 19.0. The summed E-state index contributed by atoms with van der Waals surface area (Å²) in [6.07, 6.45) is 0. The van der Waals surface area contributed by atoms with Crippen LogP contribution in [0.1, 0.15) is 31.9 Å². The third-order valence-corrected chi connectivity index (χ3v) is 5.40. The zero-order valence-electron chi connectivity index (χ0n) is 16.6. The Morgan fingerprint density at radius 3 is 1.96 bits per heavy atom. The third-order valence-electron chi connectivity index (χ3n) is 5.40. The summed E-state index contributed by atoms with van der Waals surface area (Å²) in [7, 11) is 0. The van der Waals surface area contributed by atoms with Crippen LogP contribution in [0.5, 0.6) is 0 Å². The number of rotatable bonds is 2. The van der Waals surface area contributed by atoms with E-state index < -0.39 is 0 Å². The van der Waals surface area contributed by atoms with Gasteiger partial charge in [-0.3, -0.25) is 0 Å². The van der Waals surface area contributed by atoms with Gasteiger partial charge in [-0.1, -0.05) is 99.6 Å². The predicted molar refractivity (Wildman–Crippen MR) is 118 cm³/mol. The van der Waals surface area contributed by atoms with E-state index in [1.54, 1.807) is 0 Å². The van der Waals surface area contributed by atoms with Crippen molar-refractivity contribution >= 4 is 10.8 Å². The second-order valence-electron chi connectivity index (χ2n) is 8.38. The quantitative estimate of drug-likeness (QED) is 0.346. The normalized spacial score (nSPS) is 11.7. The van der Waals surface area contributed by atoms with Crippen LogP contribution in [0.25, 0.3) is 33.0 Å². The Kier molecular flexibility index (Phi) is 4.36. The molecule has 0 N–H and O–H groups in total. The van der Waals surface area contributed by atoms with E-state index in [1.807, 2.05) is 0 Å². The summed E-state index contributed by atoms with van der Waals surface area (Å²) in [5.41, 5.74) is 8.01. The van der Waals surface area contributed by atoms with Crippen LogP contribution in [-0.4, -0.2) is 0 Å². The highest BCUT2D eigenvalue weighted by Gasteiger charge is 2.13. The molecule has 0 aromatic heterocycles. The van der Waals surface area contributed by atoms with E-state index >= 15 is 0 Å². The van der Waals surface area contributed by atoms with Gasteiger partial charge in [-0.25, -0.2) is 0 Å². The highest BCUT2D eigenvalue weighted by Crippen LogP contribution is 2.33. The largest absolute Gasteiger partial charge is 0.0620 e. The van der Waals surface area contributed by atoms with Gasteiger partial charge in [-0.05, 0) is 62.6 Å². The minimum Gasteiger partial charge on any atom is -0.0620 e. The maximum absolute atomic E-state index is 2.31. The summed E-state index contributed by atoms with van der Waals surface area (Å²) in [6.45, 7) is 8.94. The van der Waals surface area contributed by atoms with Crippen LogP contribution in [-0.2, 0) is 5.41 Å². The number of benzene rings is 4. The number of hydrogen-bond acceptors (Lipinski definition) is 0. The first-order chi connectivity index (χ1) is 12.9. The van der Waals surface area contributed by atoms with E-state index in [1.165, 1.54) is 44.2 Å². The SMILES string of the molecule is Cc1ccccc1-c1ccc2c(-c3ccc(C(C)(C)C)cc3)cccc2c1. The Labute approximate surface area is 162 Å². The molecule has 4 rings (SSSR count). The van der Waals surface area contributed by atoms with Crippen LogP contribution >= 0.6 is 0 Å². The zero-order valence-corrected chi connectivity index (χ0v) is 16.6. The Hall–Kier alpha value is -2.86. The molecule has 4 aromatic rings. The van der Waals surface area contributed by atoms with Crippen LogP contribution < -0.4 is 0 Å². The smallest absolute Gasteiger partial charge is 0.0105 e. The van der Waals surface area contributed by atoms with Gasteiger partial charge in [-0.2, -0.15) is 0 Å². The first-order valence-electron chi connectivity index (χ1n) is 9.63. The van der Waals surface area contributed by atoms with E-state index in [2.05, 4.69) is 113 Å². The molecule has 0 unspecified atom stereocenters. The molecular weight excluding hydrogens is 324 g/mol. The second kappa shape index (κ2) is 6.70. The molecule has 27 heavy (non-hydrogen) atoms. The van der Waals surface area contributed by atoms with Gasteiger partial charge in [0.05, 0.1) is 0 Å². The summed E-state index contributed by atoms with van der Waals surface area (Å²) < 4.78 is 0. The van der Waals surface area contributed by atoms with Gasteiger partial charge in [0.2, 0.25) is 0 Å². The number of hydrogen-bond donors (Lipinski definition) is 0. The van der Waals surface area contributed by atoms with Crippen molar-refractivity contribution in [3.8, 4) is 22.3 Å². The van der Waals surface area contributed by atoms with Crippen molar-refractivity contribution in [1.29, 1.82) is 0 Å². The van der Waals surface area contributed by atoms with Gasteiger partial charge in [0, 0.05) is 0 Å². The van der Waals surface area contributed by atoms with E-state index in [0.717, 1.165) is 0 Å². The lowest BCUT2D eigenvalue weighted by Gasteiger charge is -2.19. The molecule has 134 valence electrons. The van der Waals surface area contributed by atoms with Crippen LogP contribution in [0.2, 0.25) is 0 Å². The lowest BCUT2D eigenvalue weighted by Crippen LogP contribution is -2.10. The molecular formula is C27H26. The van der Waals surface area contributed by atoms with Crippen molar-refractivity contribution < 1.29 is 0 Å². The summed E-state index contributed by atoms with van der Waals surface area (Å²) in [6, 6.07) is 31.0. The van der Waals surface area contributed by atoms with Gasteiger partial charge in [0.25, 0.3) is 0 Å². The number of fused-ring (bicyclic) bond motifs is 1. The lowest BCUT2D eigenvalue weighted by molar-refractivity contribution is 0.590. The van der Waals surface area contributed by atoms with Gasteiger partial charge >= 0.3 is 0 Å². The molecule has 0 heterocycles. The molecule has 4 aromatic carbocycles. The average Bonchev–Trinajstić information content (AvgIpc) is 2.67. The first kappa shape index (κ1) is 17.5. The summed E-state index contributed by atoms with van der Waals surface area (Å²) in [5.74, 6) is 0. The van der Waals surface area contributed by atoms with Gasteiger partial charge < -0.3 is 0 Å². The Bertz CT molecular complexity index is 1090. The first-order valence-corrected chi connectivity index (χ1v) is 9.63. The van der Waals surface area contributed by atoms with Crippen LogP contribution in [0.15, 0.2) is 84.9 Å². The molecule has 0 aliphatic heterocycles. The average molecular weight is 351 g/mol. The highest BCUT2D eigenvalue weighted by molar-refractivity contribution is 5.98. The molecule has 0 atom stereocenters. The molecule has 0 heteroatoms. The minimum atomic E-state index is 0.180. The van der Waals surface area contributed by atoms with Crippen molar-refractivity contribution in [2.45, 2.75) is 33.1 Å². The molecule has 0 amide bonds. The molecule has 0 nitrogen and oxygen atoms in total. The minimum absolute atomic E-state index is 0.180. The van der Waals surface area contributed by atoms with E-state index in [9.17, 15) is 0 Å². The van der Waals surface area contributed by atoms with Gasteiger partial charge in [0.15, 0.2) is 0 Å². The monoisotopic (exact) mass is 350 g/mol. The molecule has 0 fully saturated rings. The van der Waals surface area contributed by atoms with Crippen molar-refractivity contribution in [2.75, 3.05) is 0 Å². The molecule has 0 saturated carbocycles. The highest BCUT2D eigenvalue weighted by atomic mass is 14.2. The van der Waals surface area contributed by atoms with Crippen molar-refractivity contribution in [3.63, 3.8) is 0 Å². The van der Waals surface area contributed by atoms with Crippen LogP contribution in [0, 0.1) is 6.92 Å². The third kappa shape index (κ3) is 3.40. The van der Waals surface area contributed by atoms with Crippen LogP contribution in [0.4, 0.5) is 0 Å². The molecule has 0 aliphatic carbocycles. The maximum atomic E-state index is 2.31. The lowest BCUT2D eigenvalue weighted by atomic mass is 9.86. The van der Waals surface area contributed by atoms with Gasteiger partial charge in [-0.15, -0.1) is 0 Å². The van der Waals surface area contributed by atoms with Crippen molar-refractivity contribution in [2.24, 2.45) is 0 Å². The summed E-state index contributed by atoms with van der Waals surface area (Å²) in [4.78, 5) is 0. The molecule has 0 saturated heterocycles. The molecule has 0 radical (unpaired) electrons. The van der Waals surface area contributed by atoms with Gasteiger partial charge in [0.1, 0.15) is 0 Å². The standard InChI is InChI=1S/C27H26/c1-19-8-5-6-10-24(19)22-14-17-26-21(18-22)9-7-11-25(26)20-12-15-23(16-13-20)27(2,3)4/h5-18H,1-4H3. The fourth-order valence-corrected chi connectivity index (χ4v) is 3.75. The second-order valence-corrected chi connectivity index (χ2v) is 8.38. The van der Waals surface area contributed by atoms with Crippen molar-refractivity contribution in [3.05, 3.63) is 96.1 Å². The molecule has 0 bridgehead atoms. The fourth-order valence-electron chi connectivity index (χ4n) is 3.75. The van der Waals surface area contributed by atoms with E-state index in [0.29, 0.717) is 0 Å². The van der Waals surface area contributed by atoms with Crippen LogP contribution in [0.3, 0.4) is 0 Å². The maximum Gasteiger partial charge on any atom is -0.0105 e. The Morgan fingerprint density at radius 1 is 0.593 bits per heavy atom. The fraction of sp³-hybridized carbons (Fsp3) is 0.185. The topological polar surface area (TPSA) is 0 Å². The summed E-state index contributed by atoms with van der Waals surface area (Å²) >= 11 is 0. The Morgan fingerprint density at radius 2 is 1.26 bits per heavy atom. The van der Waals surface area contributed by atoms with E-state index in [4.69, 9.17) is 0 Å². The summed E-state index contributed by atoms with van der Waals surface area (Å²) in [5, 5.41) is 2.59. The van der Waals surface area contributed by atoms with E-state index in [-0.39, 0.29) is 5.41 Å². The Balaban J connectivity index is 1.80. The molecule has 0 spiro atoms. The number of aryl methyl sites for hydroxylation is 1.